The molecule has 1 amide bonds. The molecule has 0 saturated carbocycles. The lowest BCUT2D eigenvalue weighted by atomic mass is 10.1. The van der Waals surface area contributed by atoms with Crippen LogP contribution in [0.1, 0.15) is 26.5 Å². The van der Waals surface area contributed by atoms with Crippen LogP contribution in [0.4, 0.5) is 5.69 Å². The van der Waals surface area contributed by atoms with Gasteiger partial charge in [-0.15, -0.1) is 11.3 Å². The van der Waals surface area contributed by atoms with Gasteiger partial charge < -0.3 is 10.1 Å². The maximum atomic E-state index is 12.6. The van der Waals surface area contributed by atoms with E-state index in [0.717, 1.165) is 10.4 Å². The number of rotatable bonds is 5. The smallest absolute Gasteiger partial charge is 0.258 e. The van der Waals surface area contributed by atoms with Crippen molar-refractivity contribution in [3.05, 3.63) is 91.8 Å². The minimum atomic E-state index is -0.266. The SMILES string of the molecule is Cc1cccc(C(=O)Nc2cc(Cl)ccc2OCc2cc(=O)n3cc(C)sc3n2)c1. The summed E-state index contributed by atoms with van der Waals surface area (Å²) in [5.74, 6) is 0.169. The molecule has 0 aliphatic heterocycles. The molecule has 4 aromatic rings. The van der Waals surface area contributed by atoms with Crippen LogP contribution in [-0.4, -0.2) is 15.3 Å². The molecule has 0 spiro atoms. The van der Waals surface area contributed by atoms with Crippen LogP contribution in [-0.2, 0) is 6.61 Å². The zero-order chi connectivity index (χ0) is 21.3. The second-order valence-corrected chi connectivity index (χ2v) is 8.48. The first-order valence-electron chi connectivity index (χ1n) is 9.18. The van der Waals surface area contributed by atoms with E-state index >= 15 is 0 Å². The van der Waals surface area contributed by atoms with Gasteiger partial charge in [-0.25, -0.2) is 4.98 Å². The highest BCUT2D eigenvalue weighted by atomic mass is 35.5. The van der Waals surface area contributed by atoms with E-state index in [-0.39, 0.29) is 18.1 Å². The number of nitrogens with one attached hydrogen (secondary N) is 1. The number of aryl methyl sites for hydroxylation is 2. The highest BCUT2D eigenvalue weighted by Gasteiger charge is 2.12. The second-order valence-electron chi connectivity index (χ2n) is 6.83. The van der Waals surface area contributed by atoms with Crippen molar-refractivity contribution in [3.63, 3.8) is 0 Å². The first kappa shape index (κ1) is 20.1. The summed E-state index contributed by atoms with van der Waals surface area (Å²) in [6.45, 7) is 3.93. The Balaban J connectivity index is 1.56. The van der Waals surface area contributed by atoms with Crippen molar-refractivity contribution in [3.8, 4) is 5.75 Å². The van der Waals surface area contributed by atoms with E-state index in [4.69, 9.17) is 16.3 Å². The topological polar surface area (TPSA) is 72.7 Å². The van der Waals surface area contributed by atoms with Gasteiger partial charge in [-0.1, -0.05) is 29.3 Å². The maximum Gasteiger partial charge on any atom is 0.258 e. The third-order valence-corrected chi connectivity index (χ3v) is 5.51. The summed E-state index contributed by atoms with van der Waals surface area (Å²) in [4.78, 5) is 31.0. The highest BCUT2D eigenvalue weighted by Crippen LogP contribution is 2.29. The van der Waals surface area contributed by atoms with Crippen molar-refractivity contribution in [2.45, 2.75) is 20.5 Å². The lowest BCUT2D eigenvalue weighted by molar-refractivity contribution is 0.102. The molecule has 2 aromatic carbocycles. The largest absolute Gasteiger partial charge is 0.485 e. The third-order valence-electron chi connectivity index (χ3n) is 4.38. The van der Waals surface area contributed by atoms with Gasteiger partial charge in [0, 0.05) is 27.7 Å². The van der Waals surface area contributed by atoms with Gasteiger partial charge in [-0.2, -0.15) is 0 Å². The summed E-state index contributed by atoms with van der Waals surface area (Å²) in [6.07, 6.45) is 1.76. The van der Waals surface area contributed by atoms with Gasteiger partial charge in [0.15, 0.2) is 4.96 Å². The number of carbonyl (C=O) groups excluding carboxylic acids is 1. The van der Waals surface area contributed by atoms with Crippen molar-refractivity contribution in [1.82, 2.24) is 9.38 Å². The second kappa shape index (κ2) is 8.30. The van der Waals surface area contributed by atoms with E-state index in [9.17, 15) is 9.59 Å². The van der Waals surface area contributed by atoms with E-state index in [1.54, 1.807) is 36.5 Å². The van der Waals surface area contributed by atoms with Gasteiger partial charge in [0.1, 0.15) is 12.4 Å². The average molecular weight is 440 g/mol. The van der Waals surface area contributed by atoms with Crippen LogP contribution in [0, 0.1) is 13.8 Å². The minimum Gasteiger partial charge on any atom is -0.485 e. The Morgan fingerprint density at radius 3 is 2.83 bits per heavy atom. The minimum absolute atomic E-state index is 0.0810. The number of thiazole rings is 1. The average Bonchev–Trinajstić information content (AvgIpc) is 3.08. The Morgan fingerprint density at radius 1 is 1.20 bits per heavy atom. The molecule has 0 unspecified atom stereocenters. The number of anilines is 1. The summed E-state index contributed by atoms with van der Waals surface area (Å²) in [5, 5.41) is 3.31. The molecular formula is C22H18ClN3O3S. The number of halogens is 1. The Morgan fingerprint density at radius 2 is 2.03 bits per heavy atom. The Kier molecular flexibility index (Phi) is 5.57. The van der Waals surface area contributed by atoms with Crippen LogP contribution in [0.3, 0.4) is 0 Å². The monoisotopic (exact) mass is 439 g/mol. The number of ether oxygens (including phenoxy) is 1. The number of carbonyl (C=O) groups is 1. The van der Waals surface area contributed by atoms with Crippen molar-refractivity contribution in [1.29, 1.82) is 0 Å². The fourth-order valence-corrected chi connectivity index (χ4v) is 4.01. The van der Waals surface area contributed by atoms with E-state index in [1.807, 2.05) is 26.0 Å². The summed E-state index contributed by atoms with van der Waals surface area (Å²) >= 11 is 7.55. The molecule has 0 aliphatic rings. The first-order valence-corrected chi connectivity index (χ1v) is 10.4. The molecule has 0 atom stereocenters. The molecule has 152 valence electrons. The molecule has 4 rings (SSSR count). The number of nitrogens with zero attached hydrogens (tertiary/aromatic N) is 2. The predicted molar refractivity (Wildman–Crippen MR) is 119 cm³/mol. The number of fused-ring (bicyclic) bond motifs is 1. The molecule has 0 saturated heterocycles. The fraction of sp³-hybridized carbons (Fsp3) is 0.136. The third kappa shape index (κ3) is 4.37. The van der Waals surface area contributed by atoms with Gasteiger partial charge in [-0.05, 0) is 44.2 Å². The zero-order valence-corrected chi connectivity index (χ0v) is 17.9. The molecular weight excluding hydrogens is 422 g/mol. The van der Waals surface area contributed by atoms with Gasteiger partial charge in [-0.3, -0.25) is 14.0 Å². The Labute approximate surface area is 181 Å². The van der Waals surface area contributed by atoms with Gasteiger partial charge >= 0.3 is 0 Å². The molecule has 2 heterocycles. The van der Waals surface area contributed by atoms with Crippen molar-refractivity contribution in [2.75, 3.05) is 5.32 Å². The summed E-state index contributed by atoms with van der Waals surface area (Å²) < 4.78 is 7.38. The highest BCUT2D eigenvalue weighted by molar-refractivity contribution is 7.16. The van der Waals surface area contributed by atoms with E-state index in [0.29, 0.717) is 32.7 Å². The molecule has 6 nitrogen and oxygen atoms in total. The van der Waals surface area contributed by atoms with Gasteiger partial charge in [0.25, 0.3) is 11.5 Å². The van der Waals surface area contributed by atoms with Gasteiger partial charge in [0.2, 0.25) is 0 Å². The Bertz CT molecular complexity index is 1310. The lowest BCUT2D eigenvalue weighted by Crippen LogP contribution is -2.15. The van der Waals surface area contributed by atoms with Crippen LogP contribution in [0.5, 0.6) is 5.75 Å². The summed E-state index contributed by atoms with van der Waals surface area (Å²) in [5.41, 5.74) is 2.31. The van der Waals surface area contributed by atoms with Crippen LogP contribution < -0.4 is 15.6 Å². The van der Waals surface area contributed by atoms with E-state index < -0.39 is 0 Å². The normalized spacial score (nSPS) is 10.9. The van der Waals surface area contributed by atoms with Crippen molar-refractivity contribution >= 4 is 39.5 Å². The molecule has 0 fully saturated rings. The lowest BCUT2D eigenvalue weighted by Gasteiger charge is -2.13. The van der Waals surface area contributed by atoms with Crippen LogP contribution in [0.2, 0.25) is 5.02 Å². The fourth-order valence-electron chi connectivity index (χ4n) is 2.99. The van der Waals surface area contributed by atoms with Crippen molar-refractivity contribution in [2.24, 2.45) is 0 Å². The Hall–Kier alpha value is -3.16. The number of aromatic nitrogens is 2. The number of benzene rings is 2. The summed E-state index contributed by atoms with van der Waals surface area (Å²) in [7, 11) is 0. The van der Waals surface area contributed by atoms with E-state index in [2.05, 4.69) is 10.3 Å². The quantitative estimate of drug-likeness (QED) is 0.482. The van der Waals surface area contributed by atoms with Crippen LogP contribution in [0.15, 0.2) is 59.5 Å². The molecule has 30 heavy (non-hydrogen) atoms. The molecule has 0 bridgehead atoms. The molecule has 0 aliphatic carbocycles. The number of hydrogen-bond donors (Lipinski definition) is 1. The molecule has 1 N–H and O–H groups in total. The predicted octanol–water partition coefficient (Wildman–Crippen LogP) is 4.86. The van der Waals surface area contributed by atoms with Crippen LogP contribution >= 0.6 is 22.9 Å². The molecule has 0 radical (unpaired) electrons. The number of hydrogen-bond acceptors (Lipinski definition) is 5. The summed E-state index contributed by atoms with van der Waals surface area (Å²) in [6, 6.07) is 13.7. The van der Waals surface area contributed by atoms with Gasteiger partial charge in [0.05, 0.1) is 11.4 Å². The number of amides is 1. The molecule has 2 aromatic heterocycles. The molecule has 8 heteroatoms. The van der Waals surface area contributed by atoms with E-state index in [1.165, 1.54) is 21.8 Å². The van der Waals surface area contributed by atoms with Crippen molar-refractivity contribution < 1.29 is 9.53 Å². The standard InChI is InChI=1S/C22H18ClN3O3S/c1-13-4-3-5-15(8-13)21(28)25-18-9-16(23)6-7-19(18)29-12-17-10-20(27)26-11-14(2)30-22(26)24-17/h3-11H,12H2,1-2H3,(H,25,28). The van der Waals surface area contributed by atoms with Crippen LogP contribution in [0.25, 0.3) is 4.96 Å². The first-order chi connectivity index (χ1) is 14.4. The zero-order valence-electron chi connectivity index (χ0n) is 16.3. The maximum absolute atomic E-state index is 12.6.